The number of carbonyl (C=O) groups excluding carboxylic acids is 1. The molecule has 0 fully saturated rings. The van der Waals surface area contributed by atoms with E-state index in [1.165, 1.54) is 32.4 Å². The zero-order valence-corrected chi connectivity index (χ0v) is 8.91. The van der Waals surface area contributed by atoms with Gasteiger partial charge < -0.3 is 0 Å². The summed E-state index contributed by atoms with van der Waals surface area (Å²) >= 11 is 0. The zero-order chi connectivity index (χ0) is 12.1. The van der Waals surface area contributed by atoms with Crippen molar-refractivity contribution in [1.82, 2.24) is 5.06 Å². The highest BCUT2D eigenvalue weighted by Crippen LogP contribution is 2.12. The van der Waals surface area contributed by atoms with Crippen LogP contribution < -0.4 is 0 Å². The minimum atomic E-state index is -0.980. The molecule has 0 unspecified atom stereocenters. The Morgan fingerprint density at radius 1 is 1.44 bits per heavy atom. The van der Waals surface area contributed by atoms with Crippen molar-refractivity contribution in [1.29, 1.82) is 0 Å². The maximum absolute atomic E-state index is 13.2. The number of amides is 1. The van der Waals surface area contributed by atoms with E-state index in [1.54, 1.807) is 0 Å². The maximum Gasteiger partial charge on any atom is 0.269 e. The first-order valence-corrected chi connectivity index (χ1v) is 4.50. The molecule has 3 nitrogen and oxygen atoms in total. The van der Waals surface area contributed by atoms with Gasteiger partial charge in [-0.1, -0.05) is 12.1 Å². The van der Waals surface area contributed by atoms with Crippen LogP contribution in [0.4, 0.5) is 8.78 Å². The molecule has 0 aliphatic rings. The van der Waals surface area contributed by atoms with E-state index in [2.05, 4.69) is 4.84 Å². The van der Waals surface area contributed by atoms with Gasteiger partial charge in [-0.2, -0.15) is 0 Å². The molecule has 0 spiro atoms. The van der Waals surface area contributed by atoms with Gasteiger partial charge in [-0.15, -0.1) is 0 Å². The van der Waals surface area contributed by atoms with E-state index in [0.29, 0.717) is 0 Å². The molecular weight excluding hydrogens is 216 g/mol. The number of hydrogen-bond donors (Lipinski definition) is 0. The van der Waals surface area contributed by atoms with Crippen LogP contribution in [0.25, 0.3) is 6.08 Å². The van der Waals surface area contributed by atoms with Gasteiger partial charge in [0.2, 0.25) is 0 Å². The highest BCUT2D eigenvalue weighted by molar-refractivity contribution is 5.90. The van der Waals surface area contributed by atoms with Crippen molar-refractivity contribution in [2.75, 3.05) is 14.2 Å². The number of likely N-dealkylation sites (N-methyl/N-ethyl adjacent to an activating group) is 1. The lowest BCUT2D eigenvalue weighted by atomic mass is 10.2. The number of benzene rings is 1. The molecule has 0 saturated heterocycles. The summed E-state index contributed by atoms with van der Waals surface area (Å²) in [6, 6.07) is 3.74. The van der Waals surface area contributed by atoms with Gasteiger partial charge in [-0.3, -0.25) is 9.63 Å². The molecule has 1 aromatic rings. The first kappa shape index (κ1) is 12.3. The smallest absolute Gasteiger partial charge is 0.269 e. The lowest BCUT2D eigenvalue weighted by molar-refractivity contribution is -0.162. The molecule has 1 aromatic carbocycles. The minimum Gasteiger partial charge on any atom is -0.274 e. The molecule has 0 saturated carbocycles. The third-order valence-corrected chi connectivity index (χ3v) is 1.97. The second-order valence-electron chi connectivity index (χ2n) is 2.99. The number of halogens is 2. The van der Waals surface area contributed by atoms with E-state index in [9.17, 15) is 13.6 Å². The number of hydrogen-bond acceptors (Lipinski definition) is 2. The van der Waals surface area contributed by atoms with E-state index >= 15 is 0 Å². The van der Waals surface area contributed by atoms with Gasteiger partial charge in [0.1, 0.15) is 0 Å². The molecule has 1 amide bonds. The fourth-order valence-electron chi connectivity index (χ4n) is 1.01. The molecule has 1 rings (SSSR count). The number of rotatable bonds is 3. The average molecular weight is 227 g/mol. The summed E-state index contributed by atoms with van der Waals surface area (Å²) in [6.45, 7) is 0. The van der Waals surface area contributed by atoms with E-state index < -0.39 is 17.5 Å². The van der Waals surface area contributed by atoms with Gasteiger partial charge in [-0.25, -0.2) is 13.8 Å². The van der Waals surface area contributed by atoms with Crippen molar-refractivity contribution in [3.63, 3.8) is 0 Å². The molecule has 86 valence electrons. The Kier molecular flexibility index (Phi) is 4.13. The largest absolute Gasteiger partial charge is 0.274 e. The van der Waals surface area contributed by atoms with E-state index in [4.69, 9.17) is 0 Å². The Balaban J connectivity index is 2.85. The molecular formula is C11H11F2NO2. The van der Waals surface area contributed by atoms with E-state index in [-0.39, 0.29) is 5.56 Å². The lowest BCUT2D eigenvalue weighted by Crippen LogP contribution is -2.22. The van der Waals surface area contributed by atoms with Gasteiger partial charge in [0.05, 0.1) is 7.11 Å². The highest BCUT2D eigenvalue weighted by atomic mass is 19.2. The number of hydroxylamine groups is 2. The number of nitrogens with zero attached hydrogens (tertiary/aromatic N) is 1. The molecule has 0 aromatic heterocycles. The van der Waals surface area contributed by atoms with Crippen molar-refractivity contribution in [2.24, 2.45) is 0 Å². The van der Waals surface area contributed by atoms with Crippen LogP contribution >= 0.6 is 0 Å². The Bertz CT molecular complexity index is 418. The summed E-state index contributed by atoms with van der Waals surface area (Å²) < 4.78 is 26.0. The summed E-state index contributed by atoms with van der Waals surface area (Å²) in [7, 11) is 2.74. The van der Waals surface area contributed by atoms with Crippen molar-refractivity contribution >= 4 is 12.0 Å². The topological polar surface area (TPSA) is 29.5 Å². The molecule has 0 heterocycles. The molecule has 0 atom stereocenters. The lowest BCUT2D eigenvalue weighted by Gasteiger charge is -2.10. The third kappa shape index (κ3) is 2.87. The second kappa shape index (κ2) is 5.37. The van der Waals surface area contributed by atoms with E-state index in [1.807, 2.05) is 0 Å². The van der Waals surface area contributed by atoms with Crippen LogP contribution in [-0.2, 0) is 9.63 Å². The molecule has 5 heteroatoms. The van der Waals surface area contributed by atoms with Gasteiger partial charge in [0.15, 0.2) is 11.6 Å². The maximum atomic E-state index is 13.2. The molecule has 0 radical (unpaired) electrons. The molecule has 0 bridgehead atoms. The van der Waals surface area contributed by atoms with Gasteiger partial charge >= 0.3 is 0 Å². The predicted octanol–water partition coefficient (Wildman–Crippen LogP) is 2.00. The number of carbonyl (C=O) groups is 1. The fourth-order valence-corrected chi connectivity index (χ4v) is 1.01. The minimum absolute atomic E-state index is 0.0119. The van der Waals surface area contributed by atoms with Crippen molar-refractivity contribution in [3.05, 3.63) is 41.5 Å². The van der Waals surface area contributed by atoms with Crippen LogP contribution in [-0.4, -0.2) is 25.1 Å². The zero-order valence-electron chi connectivity index (χ0n) is 8.91. The monoisotopic (exact) mass is 227 g/mol. The second-order valence-corrected chi connectivity index (χ2v) is 2.99. The summed E-state index contributed by atoms with van der Waals surface area (Å²) in [5, 5.41) is 0.966. The Hall–Kier alpha value is -1.75. The quantitative estimate of drug-likeness (QED) is 0.584. The molecule has 0 aliphatic carbocycles. The third-order valence-electron chi connectivity index (χ3n) is 1.97. The molecule has 0 aliphatic heterocycles. The van der Waals surface area contributed by atoms with Crippen LogP contribution in [0, 0.1) is 11.6 Å². The Labute approximate surface area is 91.9 Å². The first-order chi connectivity index (χ1) is 7.56. The highest BCUT2D eigenvalue weighted by Gasteiger charge is 2.06. The SMILES string of the molecule is CON(C)C(=O)C=Cc1cccc(F)c1F. The van der Waals surface area contributed by atoms with Gasteiger partial charge in [-0.05, 0) is 12.1 Å². The first-order valence-electron chi connectivity index (χ1n) is 4.50. The normalized spacial score (nSPS) is 10.8. The molecule has 16 heavy (non-hydrogen) atoms. The summed E-state index contributed by atoms with van der Waals surface area (Å²) in [5.41, 5.74) is 0.0119. The summed E-state index contributed by atoms with van der Waals surface area (Å²) in [5.74, 6) is -2.40. The van der Waals surface area contributed by atoms with E-state index in [0.717, 1.165) is 17.2 Å². The average Bonchev–Trinajstić information content (AvgIpc) is 2.29. The van der Waals surface area contributed by atoms with Crippen LogP contribution in [0.1, 0.15) is 5.56 Å². The van der Waals surface area contributed by atoms with Gasteiger partial charge in [0, 0.05) is 18.7 Å². The van der Waals surface area contributed by atoms with Crippen molar-refractivity contribution < 1.29 is 18.4 Å². The summed E-state index contributed by atoms with van der Waals surface area (Å²) in [4.78, 5) is 15.9. The fraction of sp³-hybridized carbons (Fsp3) is 0.182. The molecule has 0 N–H and O–H groups in total. The Morgan fingerprint density at radius 3 is 2.75 bits per heavy atom. The predicted molar refractivity (Wildman–Crippen MR) is 55.2 cm³/mol. The van der Waals surface area contributed by atoms with Crippen LogP contribution in [0.2, 0.25) is 0 Å². The van der Waals surface area contributed by atoms with Crippen LogP contribution in [0.5, 0.6) is 0 Å². The van der Waals surface area contributed by atoms with Crippen molar-refractivity contribution in [2.45, 2.75) is 0 Å². The van der Waals surface area contributed by atoms with Gasteiger partial charge in [0.25, 0.3) is 5.91 Å². The van der Waals surface area contributed by atoms with Crippen LogP contribution in [0.15, 0.2) is 24.3 Å². The van der Waals surface area contributed by atoms with Crippen LogP contribution in [0.3, 0.4) is 0 Å². The Morgan fingerprint density at radius 2 is 2.12 bits per heavy atom. The summed E-state index contributed by atoms with van der Waals surface area (Å²) in [6.07, 6.45) is 2.29. The van der Waals surface area contributed by atoms with Crippen molar-refractivity contribution in [3.8, 4) is 0 Å². The standard InChI is InChI=1S/C11H11F2NO2/c1-14(16-2)10(15)7-6-8-4-3-5-9(12)11(8)13/h3-7H,1-2H3.